The highest BCUT2D eigenvalue weighted by Gasteiger charge is 2.38. The number of rotatable bonds is 13. The van der Waals surface area contributed by atoms with Crippen molar-refractivity contribution < 1.29 is 15.1 Å². The number of hydrogen-bond donors (Lipinski definition) is 5. The summed E-state index contributed by atoms with van der Waals surface area (Å²) < 4.78 is 0. The van der Waals surface area contributed by atoms with Gasteiger partial charge in [-0.1, -0.05) is 53.7 Å². The maximum Gasteiger partial charge on any atom is 0.240 e. The molecule has 9 heteroatoms. The van der Waals surface area contributed by atoms with Crippen LogP contribution in [0.4, 0.5) is 0 Å². The average Bonchev–Trinajstić information content (AvgIpc) is 3.24. The van der Waals surface area contributed by atoms with Crippen molar-refractivity contribution >= 4 is 16.8 Å². The normalized spacial score (nSPS) is 14.2. The molecule has 1 aromatic heterocycles. The molecule has 0 bridgehead atoms. The molecule has 0 saturated heterocycles. The average molecular weight is 454 g/mol. The number of nitrogens with one attached hydrogen (secondary N) is 3. The number of nitrogens with zero attached hydrogens (tertiary/aromatic N) is 2. The fourth-order valence-corrected chi connectivity index (χ4v) is 4.16. The van der Waals surface area contributed by atoms with Crippen LogP contribution < -0.4 is 10.6 Å². The van der Waals surface area contributed by atoms with E-state index >= 15 is 0 Å². The van der Waals surface area contributed by atoms with Crippen molar-refractivity contribution in [1.29, 1.82) is 0 Å². The Kier molecular flexibility index (Phi) is 9.08. The Morgan fingerprint density at radius 2 is 1.88 bits per heavy atom. The van der Waals surface area contributed by atoms with Gasteiger partial charge in [-0.3, -0.25) is 4.79 Å². The molecule has 0 spiro atoms. The van der Waals surface area contributed by atoms with E-state index < -0.39 is 23.9 Å². The number of carbonyl (C=O) groups is 1. The van der Waals surface area contributed by atoms with Gasteiger partial charge in [0.1, 0.15) is 6.04 Å². The minimum absolute atomic E-state index is 0.0819. The van der Waals surface area contributed by atoms with Crippen molar-refractivity contribution in [3.63, 3.8) is 0 Å². The van der Waals surface area contributed by atoms with Crippen LogP contribution in [0.5, 0.6) is 0 Å². The Morgan fingerprint density at radius 3 is 2.58 bits per heavy atom. The number of likely N-dealkylation sites (N-methyl/N-ethyl adjacent to an activating group) is 1. The maximum absolute atomic E-state index is 13.2. The molecule has 3 aromatic rings. The molecule has 3 rings (SSSR count). The van der Waals surface area contributed by atoms with Crippen LogP contribution in [0, 0.1) is 10.8 Å². The molecule has 0 aliphatic rings. The number of aliphatic hydroxyl groups is 1. The van der Waals surface area contributed by atoms with Crippen LogP contribution in [0.2, 0.25) is 0 Å². The summed E-state index contributed by atoms with van der Waals surface area (Å²) in [6.07, 6.45) is 2.52. The zero-order valence-electron chi connectivity index (χ0n) is 18.6. The molecule has 33 heavy (non-hydrogen) atoms. The largest absolute Gasteiger partial charge is 0.395 e. The van der Waals surface area contributed by atoms with Gasteiger partial charge in [-0.15, -0.1) is 0 Å². The molecule has 0 aliphatic heterocycles. The second-order valence-corrected chi connectivity index (χ2v) is 7.98. The number of amides is 1. The smallest absolute Gasteiger partial charge is 0.240 e. The highest BCUT2D eigenvalue weighted by molar-refractivity contribution is 5.84. The summed E-state index contributed by atoms with van der Waals surface area (Å²) >= 11 is 0. The third kappa shape index (κ3) is 6.23. The summed E-state index contributed by atoms with van der Waals surface area (Å²) in [4.78, 5) is 27.6. The molecule has 1 amide bonds. The zero-order valence-corrected chi connectivity index (χ0v) is 18.6. The van der Waals surface area contributed by atoms with Gasteiger partial charge in [0.25, 0.3) is 0 Å². The first kappa shape index (κ1) is 24.5. The van der Waals surface area contributed by atoms with Gasteiger partial charge in [-0.2, -0.15) is 9.97 Å². The Labute approximate surface area is 192 Å². The lowest BCUT2D eigenvalue weighted by molar-refractivity contribution is -0.169. The van der Waals surface area contributed by atoms with Crippen LogP contribution in [0.25, 0.3) is 10.9 Å². The van der Waals surface area contributed by atoms with E-state index in [9.17, 15) is 20.0 Å². The SMILES string of the molecule is CNC(CO)[C@@H](CN=O)[C@@H](C(=O)NCCc1c[nH]c2ccccc12)N(O)Cc1ccccc1. The van der Waals surface area contributed by atoms with Crippen LogP contribution >= 0.6 is 0 Å². The minimum atomic E-state index is -1.09. The predicted octanol–water partition coefficient (Wildman–Crippen LogP) is 2.05. The van der Waals surface area contributed by atoms with Gasteiger partial charge in [0.05, 0.1) is 13.2 Å². The molecule has 1 heterocycles. The summed E-state index contributed by atoms with van der Waals surface area (Å²) in [6.45, 7) is -0.118. The lowest BCUT2D eigenvalue weighted by atomic mass is 9.90. The number of para-hydroxylation sites is 1. The summed E-state index contributed by atoms with van der Waals surface area (Å²) in [7, 11) is 1.63. The first-order valence-corrected chi connectivity index (χ1v) is 11.0. The molecule has 0 saturated carbocycles. The Morgan fingerprint density at radius 1 is 1.15 bits per heavy atom. The van der Waals surface area contributed by atoms with Crippen molar-refractivity contribution in [2.45, 2.75) is 25.0 Å². The van der Waals surface area contributed by atoms with E-state index in [0.717, 1.165) is 27.1 Å². The topological polar surface area (TPSA) is 130 Å². The standard InChI is InChI=1S/C24H31N5O4/c1-25-22(16-30)20(14-28-32)23(29(33)15-17-7-3-2-4-8-17)24(31)26-12-11-18-13-27-21-10-6-5-9-19(18)21/h2-10,13,20,22-23,25,27,30,33H,11-12,14-16H2,1H3,(H,26,31)/t20-,22?,23+/m1/s1. The van der Waals surface area contributed by atoms with Crippen molar-refractivity contribution in [1.82, 2.24) is 20.7 Å². The van der Waals surface area contributed by atoms with Gasteiger partial charge < -0.3 is 25.9 Å². The summed E-state index contributed by atoms with van der Waals surface area (Å²) in [5.41, 5.74) is 2.90. The molecule has 5 N–H and O–H groups in total. The Hall–Kier alpha value is -3.11. The number of fused-ring (bicyclic) bond motifs is 1. The quantitative estimate of drug-likeness (QED) is 0.199. The van der Waals surface area contributed by atoms with E-state index in [4.69, 9.17) is 0 Å². The second-order valence-electron chi connectivity index (χ2n) is 7.98. The third-order valence-corrected chi connectivity index (χ3v) is 5.92. The number of hydroxylamine groups is 2. The summed E-state index contributed by atoms with van der Waals surface area (Å²) in [5.74, 6) is -1.17. The van der Waals surface area contributed by atoms with Gasteiger partial charge in [0.15, 0.2) is 0 Å². The van der Waals surface area contributed by atoms with Gasteiger partial charge in [0, 0.05) is 42.1 Å². The number of aromatic amines is 1. The van der Waals surface area contributed by atoms with Crippen molar-refractivity contribution in [2.75, 3.05) is 26.7 Å². The molecule has 176 valence electrons. The van der Waals surface area contributed by atoms with E-state index in [1.54, 1.807) is 7.05 Å². The van der Waals surface area contributed by atoms with E-state index in [-0.39, 0.29) is 19.7 Å². The molecule has 0 fully saturated rings. The first-order chi connectivity index (χ1) is 16.1. The number of nitroso groups, excluding NO2 is 1. The van der Waals surface area contributed by atoms with Crippen LogP contribution in [0.3, 0.4) is 0 Å². The molecular formula is C24H31N5O4. The molecule has 3 atom stereocenters. The number of carbonyl (C=O) groups excluding carboxylic acids is 1. The second kappa shape index (κ2) is 12.2. The monoisotopic (exact) mass is 453 g/mol. The molecule has 0 aliphatic carbocycles. The number of benzene rings is 2. The Bertz CT molecular complexity index is 1020. The lowest BCUT2D eigenvalue weighted by Crippen LogP contribution is -2.56. The minimum Gasteiger partial charge on any atom is -0.395 e. The van der Waals surface area contributed by atoms with Crippen LogP contribution in [0.1, 0.15) is 11.1 Å². The molecule has 9 nitrogen and oxygen atoms in total. The van der Waals surface area contributed by atoms with Crippen LogP contribution in [0.15, 0.2) is 66.0 Å². The van der Waals surface area contributed by atoms with Gasteiger partial charge in [-0.25, -0.2) is 0 Å². The van der Waals surface area contributed by atoms with E-state index in [1.165, 1.54) is 0 Å². The third-order valence-electron chi connectivity index (χ3n) is 5.92. The van der Waals surface area contributed by atoms with Crippen molar-refractivity contribution in [3.05, 3.63) is 76.8 Å². The summed E-state index contributed by atoms with van der Waals surface area (Å²) in [6, 6.07) is 15.5. The number of aliphatic hydroxyl groups excluding tert-OH is 1. The Balaban J connectivity index is 1.75. The molecule has 2 aromatic carbocycles. The van der Waals surface area contributed by atoms with Crippen LogP contribution in [-0.4, -0.2) is 65.1 Å². The van der Waals surface area contributed by atoms with Crippen molar-refractivity contribution in [3.8, 4) is 0 Å². The van der Waals surface area contributed by atoms with E-state index in [1.807, 2.05) is 60.8 Å². The van der Waals surface area contributed by atoms with Gasteiger partial charge >= 0.3 is 0 Å². The molecule has 0 radical (unpaired) electrons. The van der Waals surface area contributed by atoms with Gasteiger partial charge in [0.2, 0.25) is 5.91 Å². The molecule has 1 unspecified atom stereocenters. The zero-order chi connectivity index (χ0) is 23.6. The predicted molar refractivity (Wildman–Crippen MR) is 127 cm³/mol. The van der Waals surface area contributed by atoms with Crippen LogP contribution in [-0.2, 0) is 17.8 Å². The molecular weight excluding hydrogens is 422 g/mol. The van der Waals surface area contributed by atoms with Gasteiger partial charge in [-0.05, 0) is 30.7 Å². The fraction of sp³-hybridized carbons (Fsp3) is 0.375. The van der Waals surface area contributed by atoms with Crippen molar-refractivity contribution in [2.24, 2.45) is 11.1 Å². The number of H-pyrrole nitrogens is 1. The first-order valence-electron chi connectivity index (χ1n) is 11.0. The number of hydrogen-bond acceptors (Lipinski definition) is 7. The highest BCUT2D eigenvalue weighted by Crippen LogP contribution is 2.20. The number of aromatic nitrogens is 1. The highest BCUT2D eigenvalue weighted by atomic mass is 16.5. The maximum atomic E-state index is 13.2. The van der Waals surface area contributed by atoms with E-state index in [0.29, 0.717) is 13.0 Å². The lowest BCUT2D eigenvalue weighted by Gasteiger charge is -2.34. The fourth-order valence-electron chi connectivity index (χ4n) is 4.16. The summed E-state index contributed by atoms with van der Waals surface area (Å²) in [5, 5.41) is 31.5. The van der Waals surface area contributed by atoms with E-state index in [2.05, 4.69) is 20.8 Å².